The molecule has 7 heteroatoms. The molecule has 3 saturated heterocycles. The number of nitrogens with one attached hydrogen (secondary N) is 2. The van der Waals surface area contributed by atoms with E-state index >= 15 is 0 Å². The first kappa shape index (κ1) is 22.7. The first-order valence-electron chi connectivity index (χ1n) is 10.5. The van der Waals surface area contributed by atoms with Crippen LogP contribution in [0.5, 0.6) is 0 Å². The molecule has 1 atom stereocenters. The number of hydrogen-bond acceptors (Lipinski definition) is 3. The van der Waals surface area contributed by atoms with Crippen LogP contribution in [-0.4, -0.2) is 73.0 Å². The molecule has 3 rings (SSSR count). The summed E-state index contributed by atoms with van der Waals surface area (Å²) in [5.74, 6) is 1.23. The second kappa shape index (κ2) is 9.76. The predicted molar refractivity (Wildman–Crippen MR) is 122 cm³/mol. The van der Waals surface area contributed by atoms with E-state index in [1.54, 1.807) is 0 Å². The van der Waals surface area contributed by atoms with Crippen molar-refractivity contribution in [1.29, 1.82) is 0 Å². The van der Waals surface area contributed by atoms with Gasteiger partial charge in [0.2, 0.25) is 5.91 Å². The monoisotopic (exact) mass is 491 g/mol. The van der Waals surface area contributed by atoms with Gasteiger partial charge in [0.25, 0.3) is 0 Å². The zero-order valence-corrected chi connectivity index (χ0v) is 19.7. The molecule has 0 aliphatic carbocycles. The maximum absolute atomic E-state index is 11.8. The van der Waals surface area contributed by atoms with E-state index in [0.717, 1.165) is 51.5 Å². The normalized spacial score (nSPS) is 27.4. The second-order valence-electron chi connectivity index (χ2n) is 9.01. The lowest BCUT2D eigenvalue weighted by Crippen LogP contribution is -2.53. The van der Waals surface area contributed by atoms with E-state index < -0.39 is 0 Å². The van der Waals surface area contributed by atoms with Crippen molar-refractivity contribution >= 4 is 35.8 Å². The summed E-state index contributed by atoms with van der Waals surface area (Å²) in [6.07, 6.45) is 6.92. The van der Waals surface area contributed by atoms with Crippen molar-refractivity contribution in [3.63, 3.8) is 0 Å². The van der Waals surface area contributed by atoms with Gasteiger partial charge in [-0.2, -0.15) is 0 Å². The van der Waals surface area contributed by atoms with E-state index in [9.17, 15) is 4.79 Å². The van der Waals surface area contributed by atoms with Crippen LogP contribution < -0.4 is 10.6 Å². The summed E-state index contributed by atoms with van der Waals surface area (Å²) in [6, 6.07) is 0. The zero-order valence-electron chi connectivity index (χ0n) is 17.4. The molecule has 1 amide bonds. The number of aliphatic imine (C=N–C) groups is 1. The summed E-state index contributed by atoms with van der Waals surface area (Å²) in [5, 5.41) is 6.54. The minimum Gasteiger partial charge on any atom is -0.357 e. The lowest BCUT2D eigenvalue weighted by molar-refractivity contribution is -0.119. The highest BCUT2D eigenvalue weighted by molar-refractivity contribution is 14.0. The number of rotatable bonds is 4. The summed E-state index contributed by atoms with van der Waals surface area (Å²) >= 11 is 0. The smallest absolute Gasteiger partial charge is 0.220 e. The number of carbonyl (C=O) groups is 1. The van der Waals surface area contributed by atoms with Crippen LogP contribution in [0.25, 0.3) is 0 Å². The topological polar surface area (TPSA) is 60.0 Å². The van der Waals surface area contributed by atoms with Crippen LogP contribution in [0.4, 0.5) is 0 Å². The Morgan fingerprint density at radius 1 is 1.22 bits per heavy atom. The number of halogens is 1. The molecule has 0 aromatic rings. The summed E-state index contributed by atoms with van der Waals surface area (Å²) in [5.41, 5.74) is 0.202. The van der Waals surface area contributed by atoms with E-state index in [-0.39, 0.29) is 40.8 Å². The van der Waals surface area contributed by atoms with Crippen LogP contribution in [0.3, 0.4) is 0 Å². The van der Waals surface area contributed by atoms with Crippen molar-refractivity contribution < 1.29 is 4.79 Å². The fourth-order valence-corrected chi connectivity index (χ4v) is 4.72. The number of guanidine groups is 1. The van der Waals surface area contributed by atoms with Gasteiger partial charge < -0.3 is 15.5 Å². The Hall–Kier alpha value is -0.570. The number of piperidine rings is 2. The SMILES string of the molecule is CCNC(=NCC(C)(C)N1CCCCC1)N1CCCC2(CNC(=O)C2)C1.I. The van der Waals surface area contributed by atoms with Gasteiger partial charge in [-0.15, -0.1) is 24.0 Å². The molecule has 1 unspecified atom stereocenters. The molecular formula is C20H38IN5O. The molecule has 3 aliphatic rings. The third-order valence-electron chi connectivity index (χ3n) is 6.32. The molecule has 6 nitrogen and oxygen atoms in total. The molecular weight excluding hydrogens is 453 g/mol. The third-order valence-corrected chi connectivity index (χ3v) is 6.32. The lowest BCUT2D eigenvalue weighted by atomic mass is 9.79. The average molecular weight is 491 g/mol. The molecule has 3 fully saturated rings. The largest absolute Gasteiger partial charge is 0.357 e. The van der Waals surface area contributed by atoms with Gasteiger partial charge in [0.15, 0.2) is 5.96 Å². The van der Waals surface area contributed by atoms with E-state index in [4.69, 9.17) is 4.99 Å². The van der Waals surface area contributed by atoms with Crippen LogP contribution in [-0.2, 0) is 4.79 Å². The Balaban J connectivity index is 0.00000261. The van der Waals surface area contributed by atoms with Crippen LogP contribution in [0.1, 0.15) is 59.3 Å². The van der Waals surface area contributed by atoms with Gasteiger partial charge >= 0.3 is 0 Å². The van der Waals surface area contributed by atoms with Gasteiger partial charge in [-0.1, -0.05) is 6.42 Å². The molecule has 1 spiro atoms. The first-order valence-corrected chi connectivity index (χ1v) is 10.5. The Bertz CT molecular complexity index is 532. The fourth-order valence-electron chi connectivity index (χ4n) is 4.72. The third kappa shape index (κ3) is 5.71. The maximum Gasteiger partial charge on any atom is 0.220 e. The number of nitrogens with zero attached hydrogens (tertiary/aromatic N) is 3. The summed E-state index contributed by atoms with van der Waals surface area (Å²) in [4.78, 5) is 21.8. The number of amides is 1. The summed E-state index contributed by atoms with van der Waals surface area (Å²) in [6.45, 7) is 13.6. The van der Waals surface area contributed by atoms with Crippen molar-refractivity contribution in [2.24, 2.45) is 10.4 Å². The Morgan fingerprint density at radius 2 is 1.96 bits per heavy atom. The second-order valence-corrected chi connectivity index (χ2v) is 9.01. The van der Waals surface area contributed by atoms with E-state index in [1.165, 1.54) is 32.4 Å². The molecule has 27 heavy (non-hydrogen) atoms. The molecule has 0 saturated carbocycles. The van der Waals surface area contributed by atoms with Crippen LogP contribution >= 0.6 is 24.0 Å². The number of likely N-dealkylation sites (tertiary alicyclic amines) is 2. The van der Waals surface area contributed by atoms with Crippen LogP contribution in [0, 0.1) is 5.41 Å². The van der Waals surface area contributed by atoms with E-state index in [0.29, 0.717) is 6.42 Å². The van der Waals surface area contributed by atoms with Gasteiger partial charge in [-0.3, -0.25) is 14.7 Å². The van der Waals surface area contributed by atoms with Crippen LogP contribution in [0.15, 0.2) is 4.99 Å². The summed E-state index contributed by atoms with van der Waals surface area (Å²) in [7, 11) is 0. The van der Waals surface area contributed by atoms with Crippen molar-refractivity contribution in [2.75, 3.05) is 45.8 Å². The fraction of sp³-hybridized carbons (Fsp3) is 0.900. The van der Waals surface area contributed by atoms with Crippen molar-refractivity contribution in [3.05, 3.63) is 0 Å². The zero-order chi connectivity index (χ0) is 18.6. The van der Waals surface area contributed by atoms with Gasteiger partial charge in [-0.25, -0.2) is 0 Å². The number of hydrogen-bond donors (Lipinski definition) is 2. The molecule has 156 valence electrons. The highest BCUT2D eigenvalue weighted by Crippen LogP contribution is 2.36. The highest BCUT2D eigenvalue weighted by atomic mass is 127. The summed E-state index contributed by atoms with van der Waals surface area (Å²) < 4.78 is 0. The molecule has 3 heterocycles. The van der Waals surface area contributed by atoms with E-state index in [1.807, 2.05) is 0 Å². The van der Waals surface area contributed by atoms with Crippen LogP contribution in [0.2, 0.25) is 0 Å². The predicted octanol–water partition coefficient (Wildman–Crippen LogP) is 2.44. The van der Waals surface area contributed by atoms with E-state index in [2.05, 4.69) is 41.2 Å². The standard InChI is InChI=1S/C20H37N5O.HI/c1-4-21-18(23-14-19(2,3)25-11-6-5-7-12-25)24-10-8-9-20(16-24)13-17(26)22-15-20;/h4-16H2,1-3H3,(H,21,23)(H,22,26);1H. The Kier molecular flexibility index (Phi) is 8.21. The van der Waals surface area contributed by atoms with Gasteiger partial charge in [0, 0.05) is 43.6 Å². The average Bonchev–Trinajstić information content (AvgIpc) is 2.99. The van der Waals surface area contributed by atoms with Crippen molar-refractivity contribution in [3.8, 4) is 0 Å². The first-order chi connectivity index (χ1) is 12.4. The van der Waals surface area contributed by atoms with Gasteiger partial charge in [0.1, 0.15) is 0 Å². The molecule has 2 N–H and O–H groups in total. The lowest BCUT2D eigenvalue weighted by Gasteiger charge is -2.42. The van der Waals surface area contributed by atoms with Crippen molar-refractivity contribution in [1.82, 2.24) is 20.4 Å². The van der Waals surface area contributed by atoms with Gasteiger partial charge in [0.05, 0.1) is 6.54 Å². The Labute approximate surface area is 181 Å². The maximum atomic E-state index is 11.8. The molecule has 0 aromatic heterocycles. The quantitative estimate of drug-likeness (QED) is 0.361. The van der Waals surface area contributed by atoms with Gasteiger partial charge in [-0.05, 0) is 59.5 Å². The molecule has 3 aliphatic heterocycles. The molecule has 0 aromatic carbocycles. The molecule has 0 bridgehead atoms. The minimum absolute atomic E-state index is 0. The number of carbonyl (C=O) groups excluding carboxylic acids is 1. The van der Waals surface area contributed by atoms with Crippen molar-refractivity contribution in [2.45, 2.75) is 64.8 Å². The Morgan fingerprint density at radius 3 is 2.59 bits per heavy atom. The highest BCUT2D eigenvalue weighted by Gasteiger charge is 2.42. The minimum atomic E-state index is 0. The molecule has 0 radical (unpaired) electrons.